The summed E-state index contributed by atoms with van der Waals surface area (Å²) in [5.74, 6) is -50.1. The summed E-state index contributed by atoms with van der Waals surface area (Å²) in [5.41, 5.74) is 2.31. The minimum Gasteiger partial charge on any atom is -0.380 e. The van der Waals surface area contributed by atoms with Gasteiger partial charge in [0.25, 0.3) is 0 Å². The van der Waals surface area contributed by atoms with Gasteiger partial charge in [0.15, 0.2) is 0 Å². The van der Waals surface area contributed by atoms with E-state index in [9.17, 15) is 70.2 Å². The maximum absolute atomic E-state index is 14.3. The fourth-order valence-corrected chi connectivity index (χ4v) is 12.2. The van der Waals surface area contributed by atoms with E-state index in [0.29, 0.717) is 18.4 Å². The number of allylic oxidation sites excluding steroid dienone is 1. The molecule has 0 radical (unpaired) electrons. The summed E-state index contributed by atoms with van der Waals surface area (Å²) in [5, 5.41) is 0. The number of fused-ring (bicyclic) bond motifs is 5. The second-order valence-corrected chi connectivity index (χ2v) is 21.9. The number of hydrogen-bond donors (Lipinski definition) is 0. The van der Waals surface area contributed by atoms with E-state index >= 15 is 0 Å². The van der Waals surface area contributed by atoms with E-state index < -0.39 is 67.1 Å². The Balaban J connectivity index is 1.12. The number of hydrogen-bond acceptors (Lipinski definition) is 4. The Labute approximate surface area is 397 Å². The van der Waals surface area contributed by atoms with Crippen LogP contribution in [-0.2, 0) is 14.2 Å². The summed E-state index contributed by atoms with van der Waals surface area (Å²) in [4.78, 5) is 1.27. The highest BCUT2D eigenvalue weighted by molar-refractivity contribution is 5.25. The van der Waals surface area contributed by atoms with Gasteiger partial charge in [-0.25, -0.2) is 8.78 Å². The molecule has 0 heterocycles. The summed E-state index contributed by atoms with van der Waals surface area (Å²) in [6.45, 7) is 8.97. The third-order valence-corrected chi connectivity index (χ3v) is 16.7. The van der Waals surface area contributed by atoms with Crippen LogP contribution < -0.4 is 0 Å². The predicted octanol–water partition coefficient (Wildman–Crippen LogP) is 15.4. The smallest absolute Gasteiger partial charge is 0.380 e. The lowest BCUT2D eigenvalue weighted by Crippen LogP contribution is -2.74. The Kier molecular flexibility index (Phi) is 19.9. The molecule has 0 amide bonds. The largest absolute Gasteiger partial charge is 0.384 e. The van der Waals surface area contributed by atoms with Crippen molar-refractivity contribution >= 4 is 0 Å². The molecular formula is C49H75F16NO3. The third kappa shape index (κ3) is 12.0. The molecule has 3 fully saturated rings. The topological polar surface area (TPSA) is 30.9 Å². The average Bonchev–Trinajstić information content (AvgIpc) is 3.61. The highest BCUT2D eigenvalue weighted by Gasteiger charge is 2.93. The number of ether oxygens (including phenoxy) is 3. The molecule has 0 saturated heterocycles. The van der Waals surface area contributed by atoms with Gasteiger partial charge in [-0.05, 0) is 125 Å². The highest BCUT2D eigenvalue weighted by atomic mass is 19.4. The Morgan fingerprint density at radius 2 is 1.20 bits per heavy atom. The van der Waals surface area contributed by atoms with Crippen LogP contribution in [0.3, 0.4) is 0 Å². The zero-order chi connectivity index (χ0) is 52.2. The maximum atomic E-state index is 14.3. The van der Waals surface area contributed by atoms with Gasteiger partial charge in [-0.3, -0.25) is 0 Å². The minimum atomic E-state index is -8.43. The Morgan fingerprint density at radius 3 is 1.80 bits per heavy atom. The van der Waals surface area contributed by atoms with Gasteiger partial charge >= 0.3 is 47.9 Å². The van der Waals surface area contributed by atoms with Crippen LogP contribution in [0, 0.1) is 46.3 Å². The molecule has 0 aromatic carbocycles. The predicted molar refractivity (Wildman–Crippen MR) is 230 cm³/mol. The van der Waals surface area contributed by atoms with E-state index in [1.165, 1.54) is 70.4 Å². The number of alkyl halides is 16. The lowest BCUT2D eigenvalue weighted by molar-refractivity contribution is -0.448. The van der Waals surface area contributed by atoms with Crippen LogP contribution in [0.2, 0.25) is 0 Å². The molecule has 20 heteroatoms. The number of rotatable bonds is 29. The van der Waals surface area contributed by atoms with Gasteiger partial charge in [0.05, 0.1) is 25.4 Å². The van der Waals surface area contributed by atoms with E-state index in [1.807, 2.05) is 0 Å². The molecule has 4 rings (SSSR count). The molecule has 0 aromatic heterocycles. The molecule has 9 atom stereocenters. The number of unbranched alkanes of at least 4 members (excludes halogenated alkanes) is 5. The van der Waals surface area contributed by atoms with Gasteiger partial charge in [-0.2, -0.15) is 61.5 Å². The molecule has 69 heavy (non-hydrogen) atoms. The lowest BCUT2D eigenvalue weighted by Gasteiger charge is -2.58. The van der Waals surface area contributed by atoms with Crippen molar-refractivity contribution in [3.63, 3.8) is 0 Å². The van der Waals surface area contributed by atoms with Crippen molar-refractivity contribution in [3.05, 3.63) is 11.6 Å². The first-order chi connectivity index (χ1) is 31.7. The molecule has 5 unspecified atom stereocenters. The number of likely N-dealkylation sites (N-methyl/N-ethyl adjacent to an activating group) is 1. The van der Waals surface area contributed by atoms with Crippen molar-refractivity contribution in [2.75, 3.05) is 47.1 Å². The van der Waals surface area contributed by atoms with Crippen LogP contribution >= 0.6 is 0 Å². The monoisotopic (exact) mass is 1030 g/mol. The SMILES string of the molecule is CC(C)CCC[C@@H](C)[C@H]1CC[C@H]2C3CC=C4CC(OCCCCCCCCOCC(COCC(F)(F)C(F)(F)C(F)(F)C(F)(F)C(F)(F)C(F)(F)C(F)(F)C(F)F)N(C)C)CCC4(C)[C@H]3CCC12C. The fraction of sp³-hybridized carbons (Fsp3) is 0.959. The van der Waals surface area contributed by atoms with Crippen LogP contribution in [0.4, 0.5) is 70.2 Å². The van der Waals surface area contributed by atoms with Gasteiger partial charge in [-0.15, -0.1) is 0 Å². The summed E-state index contributed by atoms with van der Waals surface area (Å²) >= 11 is 0. The fourth-order valence-electron chi connectivity index (χ4n) is 12.2. The first-order valence-corrected chi connectivity index (χ1v) is 24.7. The summed E-state index contributed by atoms with van der Waals surface area (Å²) in [7, 11) is 2.69. The van der Waals surface area contributed by atoms with Crippen molar-refractivity contribution < 1.29 is 84.5 Å². The molecule has 4 nitrogen and oxygen atoms in total. The van der Waals surface area contributed by atoms with Crippen molar-refractivity contribution in [2.45, 2.75) is 204 Å². The van der Waals surface area contributed by atoms with Crippen LogP contribution in [0.25, 0.3) is 0 Å². The Bertz CT molecular complexity index is 1650. The van der Waals surface area contributed by atoms with Crippen molar-refractivity contribution in [1.82, 2.24) is 4.90 Å². The van der Waals surface area contributed by atoms with Gasteiger partial charge < -0.3 is 19.1 Å². The quantitative estimate of drug-likeness (QED) is 0.0424. The van der Waals surface area contributed by atoms with Crippen molar-refractivity contribution in [1.29, 1.82) is 0 Å². The van der Waals surface area contributed by atoms with Crippen LogP contribution in [0.1, 0.15) is 144 Å². The summed E-state index contributed by atoms with van der Waals surface area (Å²) in [6, 6.07) is -1.04. The van der Waals surface area contributed by atoms with E-state index in [1.54, 1.807) is 5.57 Å². The molecule has 4 aliphatic rings. The third-order valence-electron chi connectivity index (χ3n) is 16.7. The molecular weight excluding hydrogens is 955 g/mol. The molecule has 0 bridgehead atoms. The summed E-state index contributed by atoms with van der Waals surface area (Å²) in [6.07, 6.45) is 15.7. The van der Waals surface area contributed by atoms with Gasteiger partial charge in [0.1, 0.15) is 6.61 Å². The van der Waals surface area contributed by atoms with E-state index in [2.05, 4.69) is 45.4 Å². The second kappa shape index (κ2) is 22.9. The van der Waals surface area contributed by atoms with E-state index in [4.69, 9.17) is 9.47 Å². The molecule has 406 valence electrons. The minimum absolute atomic E-state index is 0.156. The van der Waals surface area contributed by atoms with E-state index in [-0.39, 0.29) is 24.7 Å². The van der Waals surface area contributed by atoms with Crippen LogP contribution in [-0.4, -0.2) is 112 Å². The van der Waals surface area contributed by atoms with Crippen molar-refractivity contribution in [3.8, 4) is 0 Å². The highest BCUT2D eigenvalue weighted by Crippen LogP contribution is 2.68. The summed E-state index contributed by atoms with van der Waals surface area (Å²) < 4.78 is 235. The zero-order valence-corrected chi connectivity index (χ0v) is 41.0. The molecule has 4 aliphatic carbocycles. The van der Waals surface area contributed by atoms with Gasteiger partial charge in [0.2, 0.25) is 0 Å². The molecule has 0 spiro atoms. The Morgan fingerprint density at radius 1 is 0.638 bits per heavy atom. The van der Waals surface area contributed by atoms with Gasteiger partial charge in [-0.1, -0.05) is 91.2 Å². The van der Waals surface area contributed by atoms with Crippen LogP contribution in [0.15, 0.2) is 11.6 Å². The normalized spacial score (nSPS) is 28.5. The lowest BCUT2D eigenvalue weighted by atomic mass is 9.47. The van der Waals surface area contributed by atoms with Gasteiger partial charge in [0, 0.05) is 13.2 Å². The first kappa shape index (κ1) is 60.0. The number of nitrogens with zero attached hydrogens (tertiary/aromatic N) is 1. The van der Waals surface area contributed by atoms with Crippen LogP contribution in [0.5, 0.6) is 0 Å². The second-order valence-electron chi connectivity index (χ2n) is 21.9. The average molecular weight is 1030 g/mol. The standard InChI is InChI=1S/C49H75F16NO3/c1-31(2)15-14-16-32(3)37-19-20-38-36-18-17-33-27-35(21-23-41(33,4)39(36)22-24-42(37,38)5)69-26-13-11-9-8-10-12-25-67-28-34(66(6)7)29-68-30-43(52,53)45(56,57)47(60,61)49(64,65)48(62,63)46(58,59)44(54,55)40(50)51/h17,31-32,34-40H,8-16,18-30H2,1-7H3/t32-,34?,35?,36?,37-,38+,39+,41?,42?/m1/s1. The van der Waals surface area contributed by atoms with Crippen molar-refractivity contribution in [2.24, 2.45) is 46.3 Å². The molecule has 0 N–H and O–H groups in total. The first-order valence-electron chi connectivity index (χ1n) is 24.7. The maximum Gasteiger partial charge on any atom is 0.384 e. The Hall–Kier alpha value is -1.54. The number of halogens is 16. The molecule has 0 aliphatic heterocycles. The van der Waals surface area contributed by atoms with E-state index in [0.717, 1.165) is 86.9 Å². The molecule has 3 saturated carbocycles. The molecule has 0 aromatic rings. The zero-order valence-electron chi connectivity index (χ0n) is 41.0.